The van der Waals surface area contributed by atoms with Crippen molar-refractivity contribution in [2.45, 2.75) is 18.7 Å². The van der Waals surface area contributed by atoms with E-state index in [4.69, 9.17) is 0 Å². The second kappa shape index (κ2) is 7.52. The van der Waals surface area contributed by atoms with Crippen molar-refractivity contribution in [1.29, 1.82) is 0 Å². The number of nitro benzene ring substituents is 1. The summed E-state index contributed by atoms with van der Waals surface area (Å²) in [5.74, 6) is -0.574. The monoisotopic (exact) mass is 378 g/mol. The number of methoxy groups -OCH3 is 1. The number of benzene rings is 2. The molecular formula is C17H18N2O6S. The van der Waals surface area contributed by atoms with Gasteiger partial charge in [-0.3, -0.25) is 14.4 Å². The van der Waals surface area contributed by atoms with Crippen LogP contribution in [-0.4, -0.2) is 33.0 Å². The first-order valence-electron chi connectivity index (χ1n) is 7.68. The molecule has 0 radical (unpaired) electrons. The Balaban J connectivity index is 2.53. The number of nitrogens with zero attached hydrogens (tertiary/aromatic N) is 2. The zero-order chi connectivity index (χ0) is 19.5. The summed E-state index contributed by atoms with van der Waals surface area (Å²) in [4.78, 5) is 21.8. The zero-order valence-electron chi connectivity index (χ0n) is 14.5. The molecule has 138 valence electrons. The van der Waals surface area contributed by atoms with Gasteiger partial charge in [-0.2, -0.15) is 0 Å². The lowest BCUT2D eigenvalue weighted by molar-refractivity contribution is -0.384. The fraction of sp³-hybridized carbons (Fsp3) is 0.235. The van der Waals surface area contributed by atoms with Crippen molar-refractivity contribution in [2.24, 2.45) is 0 Å². The van der Waals surface area contributed by atoms with Gasteiger partial charge in [0.15, 0.2) is 0 Å². The number of sulfonamides is 1. The Morgan fingerprint density at radius 1 is 1.19 bits per heavy atom. The van der Waals surface area contributed by atoms with E-state index in [0.717, 1.165) is 16.4 Å². The van der Waals surface area contributed by atoms with E-state index in [1.165, 1.54) is 25.3 Å². The molecule has 26 heavy (non-hydrogen) atoms. The zero-order valence-corrected chi connectivity index (χ0v) is 15.3. The molecule has 0 amide bonds. The van der Waals surface area contributed by atoms with Crippen LogP contribution in [0.3, 0.4) is 0 Å². The quantitative estimate of drug-likeness (QED) is 0.435. The Kier molecular flexibility index (Phi) is 5.61. The Bertz CT molecular complexity index is 938. The minimum absolute atomic E-state index is 0.0761. The maximum Gasteiger partial charge on any atom is 0.337 e. The molecule has 0 aliphatic carbocycles. The SMILES string of the molecule is CCN(c1cc(C(=O)OC)ccc1C)S(=O)(=O)c1ccc([N+](=O)[O-])cc1. The van der Waals surface area contributed by atoms with E-state index in [1.807, 2.05) is 0 Å². The molecule has 2 aromatic rings. The van der Waals surface area contributed by atoms with Crippen molar-refractivity contribution in [3.8, 4) is 0 Å². The van der Waals surface area contributed by atoms with Crippen molar-refractivity contribution in [2.75, 3.05) is 18.0 Å². The highest BCUT2D eigenvalue weighted by Gasteiger charge is 2.26. The molecule has 0 saturated carbocycles. The number of nitro groups is 1. The number of aryl methyl sites for hydroxylation is 1. The predicted molar refractivity (Wildman–Crippen MR) is 95.8 cm³/mol. The standard InChI is InChI=1S/C17H18N2O6S/c1-4-18(16-11-13(17(20)25-3)6-5-12(16)2)26(23,24)15-9-7-14(8-10-15)19(21)22/h5-11H,4H2,1-3H3. The summed E-state index contributed by atoms with van der Waals surface area (Å²) in [5.41, 5.74) is 1.03. The van der Waals surface area contributed by atoms with Crippen LogP contribution >= 0.6 is 0 Å². The first kappa shape index (κ1) is 19.4. The molecule has 0 atom stereocenters. The van der Waals surface area contributed by atoms with Crippen LogP contribution in [0, 0.1) is 17.0 Å². The van der Waals surface area contributed by atoms with Gasteiger partial charge in [0.2, 0.25) is 0 Å². The fourth-order valence-electron chi connectivity index (χ4n) is 2.46. The summed E-state index contributed by atoms with van der Waals surface area (Å²) in [5, 5.41) is 10.7. The summed E-state index contributed by atoms with van der Waals surface area (Å²) in [6.45, 7) is 3.50. The molecular weight excluding hydrogens is 360 g/mol. The van der Waals surface area contributed by atoms with Gasteiger partial charge in [0.25, 0.3) is 15.7 Å². The molecule has 9 heteroatoms. The third-order valence-corrected chi connectivity index (χ3v) is 5.72. The van der Waals surface area contributed by atoms with Gasteiger partial charge in [-0.25, -0.2) is 13.2 Å². The van der Waals surface area contributed by atoms with Crippen LogP contribution in [0.1, 0.15) is 22.8 Å². The number of ether oxygens (including phenoxy) is 1. The Morgan fingerprint density at radius 3 is 2.31 bits per heavy atom. The van der Waals surface area contributed by atoms with E-state index < -0.39 is 20.9 Å². The summed E-state index contributed by atoms with van der Waals surface area (Å²) in [7, 11) is -2.72. The highest BCUT2D eigenvalue weighted by Crippen LogP contribution is 2.28. The molecule has 0 aliphatic rings. The maximum atomic E-state index is 13.0. The predicted octanol–water partition coefficient (Wildman–Crippen LogP) is 2.91. The Morgan fingerprint density at radius 2 is 1.81 bits per heavy atom. The lowest BCUT2D eigenvalue weighted by Crippen LogP contribution is -2.31. The van der Waals surface area contributed by atoms with Gasteiger partial charge in [0, 0.05) is 18.7 Å². The van der Waals surface area contributed by atoms with Crippen LogP contribution in [0.4, 0.5) is 11.4 Å². The van der Waals surface area contributed by atoms with Crippen molar-refractivity contribution >= 4 is 27.4 Å². The summed E-state index contributed by atoms with van der Waals surface area (Å²) in [6, 6.07) is 9.29. The van der Waals surface area contributed by atoms with E-state index in [2.05, 4.69) is 4.74 Å². The molecule has 2 rings (SSSR count). The minimum atomic E-state index is -3.96. The highest BCUT2D eigenvalue weighted by molar-refractivity contribution is 7.92. The Labute approximate surface area is 151 Å². The van der Waals surface area contributed by atoms with Crippen molar-refractivity contribution < 1.29 is 22.9 Å². The third-order valence-electron chi connectivity index (χ3n) is 3.82. The average molecular weight is 378 g/mol. The lowest BCUT2D eigenvalue weighted by Gasteiger charge is -2.25. The van der Waals surface area contributed by atoms with E-state index >= 15 is 0 Å². The number of anilines is 1. The normalized spacial score (nSPS) is 11.0. The first-order chi connectivity index (χ1) is 12.2. The fourth-order valence-corrected chi connectivity index (χ4v) is 3.99. The van der Waals surface area contributed by atoms with Crippen LogP contribution in [0.15, 0.2) is 47.4 Å². The number of rotatable bonds is 6. The first-order valence-corrected chi connectivity index (χ1v) is 9.12. The van der Waals surface area contributed by atoms with Crippen LogP contribution in [0.5, 0.6) is 0 Å². The summed E-state index contributed by atoms with van der Waals surface area (Å²) in [6.07, 6.45) is 0. The van der Waals surface area contributed by atoms with Gasteiger partial charge in [-0.15, -0.1) is 0 Å². The van der Waals surface area contributed by atoms with Crippen LogP contribution in [-0.2, 0) is 14.8 Å². The van der Waals surface area contributed by atoms with Gasteiger partial charge >= 0.3 is 5.97 Å². The van der Waals surface area contributed by atoms with Crippen LogP contribution in [0.25, 0.3) is 0 Å². The van der Waals surface area contributed by atoms with Gasteiger partial charge in [0.1, 0.15) is 0 Å². The molecule has 0 N–H and O–H groups in total. The maximum absolute atomic E-state index is 13.0. The van der Waals surface area contributed by atoms with E-state index in [9.17, 15) is 23.3 Å². The molecule has 0 spiro atoms. The third kappa shape index (κ3) is 3.67. The van der Waals surface area contributed by atoms with Gasteiger partial charge in [-0.05, 0) is 43.7 Å². The Hall–Kier alpha value is -2.94. The molecule has 0 saturated heterocycles. The van der Waals surface area contributed by atoms with Gasteiger partial charge in [0.05, 0.1) is 28.2 Å². The number of carbonyl (C=O) groups excluding carboxylic acids is 1. The second-order valence-electron chi connectivity index (χ2n) is 5.41. The van der Waals surface area contributed by atoms with Gasteiger partial charge in [-0.1, -0.05) is 6.07 Å². The number of hydrogen-bond acceptors (Lipinski definition) is 6. The molecule has 2 aromatic carbocycles. The summed E-state index contributed by atoms with van der Waals surface area (Å²) < 4.78 is 31.8. The second-order valence-corrected chi connectivity index (χ2v) is 7.28. The van der Waals surface area contributed by atoms with Crippen LogP contribution in [0.2, 0.25) is 0 Å². The van der Waals surface area contributed by atoms with E-state index in [1.54, 1.807) is 26.0 Å². The van der Waals surface area contributed by atoms with Crippen molar-refractivity contribution in [1.82, 2.24) is 0 Å². The molecule has 0 aromatic heterocycles. The average Bonchev–Trinajstić information content (AvgIpc) is 2.63. The van der Waals surface area contributed by atoms with Crippen molar-refractivity contribution in [3.63, 3.8) is 0 Å². The van der Waals surface area contributed by atoms with Crippen molar-refractivity contribution in [3.05, 3.63) is 63.7 Å². The number of carbonyl (C=O) groups is 1. The number of non-ortho nitro benzene ring substituents is 1. The molecule has 8 nitrogen and oxygen atoms in total. The molecule has 0 fully saturated rings. The number of esters is 1. The van der Waals surface area contributed by atoms with Gasteiger partial charge < -0.3 is 4.74 Å². The van der Waals surface area contributed by atoms with Crippen LogP contribution < -0.4 is 4.31 Å². The largest absolute Gasteiger partial charge is 0.465 e. The molecule has 0 unspecified atom stereocenters. The van der Waals surface area contributed by atoms with E-state index in [0.29, 0.717) is 11.3 Å². The smallest absolute Gasteiger partial charge is 0.337 e. The molecule has 0 heterocycles. The minimum Gasteiger partial charge on any atom is -0.465 e. The molecule has 0 aliphatic heterocycles. The number of hydrogen-bond donors (Lipinski definition) is 0. The molecule has 0 bridgehead atoms. The van der Waals surface area contributed by atoms with E-state index in [-0.39, 0.29) is 22.7 Å². The topological polar surface area (TPSA) is 107 Å². The summed E-state index contributed by atoms with van der Waals surface area (Å²) >= 11 is 0. The highest BCUT2D eigenvalue weighted by atomic mass is 32.2. The lowest BCUT2D eigenvalue weighted by atomic mass is 10.1.